The highest BCUT2D eigenvalue weighted by Crippen LogP contribution is 2.12. The van der Waals surface area contributed by atoms with Crippen LogP contribution in [0.2, 0.25) is 0 Å². The van der Waals surface area contributed by atoms with Crippen molar-refractivity contribution in [1.29, 1.82) is 0 Å². The zero-order valence-corrected chi connectivity index (χ0v) is 11.3. The monoisotopic (exact) mass is 286 g/mol. The van der Waals surface area contributed by atoms with Crippen LogP contribution < -0.4 is 10.0 Å². The zero-order chi connectivity index (χ0) is 14.0. The summed E-state index contributed by atoms with van der Waals surface area (Å²) >= 11 is 0. The van der Waals surface area contributed by atoms with Crippen LogP contribution >= 0.6 is 0 Å². The van der Waals surface area contributed by atoms with Gasteiger partial charge in [0.25, 0.3) is 0 Å². The third-order valence-electron chi connectivity index (χ3n) is 2.99. The Balaban J connectivity index is 2.03. The summed E-state index contributed by atoms with van der Waals surface area (Å²) in [6.45, 7) is 2.55. The Kier molecular flexibility index (Phi) is 3.86. The van der Waals surface area contributed by atoms with Crippen molar-refractivity contribution in [1.82, 2.24) is 10.0 Å². The summed E-state index contributed by atoms with van der Waals surface area (Å²) in [7, 11) is -3.73. The molecule has 1 amide bonds. The lowest BCUT2D eigenvalue weighted by molar-refractivity contribution is -0.124. The van der Waals surface area contributed by atoms with E-state index in [0.29, 0.717) is 24.2 Å². The van der Waals surface area contributed by atoms with Crippen molar-refractivity contribution in [2.45, 2.75) is 12.7 Å². The van der Waals surface area contributed by atoms with Gasteiger partial charge in [-0.15, -0.1) is 0 Å². The molecule has 1 aromatic rings. The van der Waals surface area contributed by atoms with E-state index >= 15 is 0 Å². The van der Waals surface area contributed by atoms with Gasteiger partial charge in [0.1, 0.15) is 5.82 Å². The standard InChI is InChI=1S/C12H15FN2O3S/c1-8-4-9(2-3-11(8)13)7-19(17,18)15-12(16)10-5-14-6-10/h2-4,10,14H,5-7H2,1H3,(H,15,16). The van der Waals surface area contributed by atoms with Gasteiger partial charge in [0.15, 0.2) is 0 Å². The van der Waals surface area contributed by atoms with Crippen molar-refractivity contribution in [3.63, 3.8) is 0 Å². The molecule has 1 heterocycles. The molecule has 1 aliphatic heterocycles. The highest BCUT2D eigenvalue weighted by Gasteiger charge is 2.28. The highest BCUT2D eigenvalue weighted by atomic mass is 32.2. The Hall–Kier alpha value is -1.47. The van der Waals surface area contributed by atoms with Crippen molar-refractivity contribution < 1.29 is 17.6 Å². The molecule has 5 nitrogen and oxygen atoms in total. The fourth-order valence-electron chi connectivity index (χ4n) is 1.76. The molecule has 0 spiro atoms. The summed E-state index contributed by atoms with van der Waals surface area (Å²) in [5.74, 6) is -1.49. The van der Waals surface area contributed by atoms with Crippen LogP contribution in [0.3, 0.4) is 0 Å². The third-order valence-corrected chi connectivity index (χ3v) is 4.21. The molecule has 7 heteroatoms. The molecule has 0 unspecified atom stereocenters. The van der Waals surface area contributed by atoms with Gasteiger partial charge in [-0.05, 0) is 24.1 Å². The maximum Gasteiger partial charge on any atom is 0.239 e. The van der Waals surface area contributed by atoms with Gasteiger partial charge in [-0.3, -0.25) is 9.52 Å². The average molecular weight is 286 g/mol. The number of carbonyl (C=O) groups is 1. The molecule has 104 valence electrons. The molecule has 0 atom stereocenters. The molecule has 19 heavy (non-hydrogen) atoms. The number of nitrogens with one attached hydrogen (secondary N) is 2. The van der Waals surface area contributed by atoms with Crippen LogP contribution in [0.1, 0.15) is 11.1 Å². The molecule has 2 rings (SSSR count). The van der Waals surface area contributed by atoms with Crippen LogP contribution in [-0.4, -0.2) is 27.4 Å². The van der Waals surface area contributed by atoms with Crippen LogP contribution in [0.4, 0.5) is 4.39 Å². The van der Waals surface area contributed by atoms with E-state index in [1.165, 1.54) is 18.2 Å². The summed E-state index contributed by atoms with van der Waals surface area (Å²) in [6.07, 6.45) is 0. The predicted octanol–water partition coefficient (Wildman–Crippen LogP) is 0.300. The molecular weight excluding hydrogens is 271 g/mol. The maximum absolute atomic E-state index is 13.1. The Bertz CT molecular complexity index is 597. The lowest BCUT2D eigenvalue weighted by Crippen LogP contribution is -2.52. The van der Waals surface area contributed by atoms with Crippen molar-refractivity contribution in [3.8, 4) is 0 Å². The normalized spacial score (nSPS) is 15.9. The lowest BCUT2D eigenvalue weighted by Gasteiger charge is -2.25. The second-order valence-corrected chi connectivity index (χ2v) is 6.39. The fraction of sp³-hybridized carbons (Fsp3) is 0.417. The van der Waals surface area contributed by atoms with E-state index in [1.54, 1.807) is 6.92 Å². The van der Waals surface area contributed by atoms with E-state index in [9.17, 15) is 17.6 Å². The minimum absolute atomic E-state index is 0.287. The molecule has 0 aromatic heterocycles. The largest absolute Gasteiger partial charge is 0.315 e. The number of rotatable bonds is 4. The molecular formula is C12H15FN2O3S. The second-order valence-electron chi connectivity index (χ2n) is 4.66. The predicted molar refractivity (Wildman–Crippen MR) is 68.3 cm³/mol. The quantitative estimate of drug-likeness (QED) is 0.835. The van der Waals surface area contributed by atoms with Gasteiger partial charge in [0.05, 0.1) is 11.7 Å². The Morgan fingerprint density at radius 1 is 1.47 bits per heavy atom. The summed E-state index contributed by atoms with van der Waals surface area (Å²) < 4.78 is 38.7. The number of carbonyl (C=O) groups excluding carboxylic acids is 1. The number of sulfonamides is 1. The summed E-state index contributed by atoms with van der Waals surface area (Å²) in [6, 6.07) is 4.08. The zero-order valence-electron chi connectivity index (χ0n) is 10.4. The number of hydrogen-bond acceptors (Lipinski definition) is 4. The molecule has 1 aliphatic rings. The van der Waals surface area contributed by atoms with E-state index in [1.807, 2.05) is 4.72 Å². The van der Waals surface area contributed by atoms with Crippen molar-refractivity contribution >= 4 is 15.9 Å². The first kappa shape index (κ1) is 14.0. The first-order valence-corrected chi connectivity index (χ1v) is 7.53. The Labute approximate surface area is 111 Å². The van der Waals surface area contributed by atoms with Crippen molar-refractivity contribution in [2.24, 2.45) is 5.92 Å². The number of halogens is 1. The van der Waals surface area contributed by atoms with Crippen LogP contribution in [0.15, 0.2) is 18.2 Å². The molecule has 0 saturated carbocycles. The molecule has 0 aliphatic carbocycles. The van der Waals surface area contributed by atoms with E-state index < -0.39 is 15.9 Å². The molecule has 1 saturated heterocycles. The Morgan fingerprint density at radius 2 is 2.16 bits per heavy atom. The summed E-state index contributed by atoms with van der Waals surface area (Å²) in [5, 5.41) is 2.89. The molecule has 2 N–H and O–H groups in total. The first-order valence-electron chi connectivity index (χ1n) is 5.87. The van der Waals surface area contributed by atoms with Gasteiger partial charge in [-0.2, -0.15) is 0 Å². The van der Waals surface area contributed by atoms with E-state index in [4.69, 9.17) is 0 Å². The van der Waals surface area contributed by atoms with E-state index in [0.717, 1.165) is 0 Å². The molecule has 0 bridgehead atoms. The Morgan fingerprint density at radius 3 is 2.68 bits per heavy atom. The van der Waals surface area contributed by atoms with Crippen LogP contribution in [-0.2, 0) is 20.6 Å². The molecule has 1 aromatic carbocycles. The average Bonchev–Trinajstić information content (AvgIpc) is 2.19. The van der Waals surface area contributed by atoms with Gasteiger partial charge in [-0.25, -0.2) is 12.8 Å². The number of benzene rings is 1. The number of aryl methyl sites for hydroxylation is 1. The van der Waals surface area contributed by atoms with Crippen LogP contribution in [0.25, 0.3) is 0 Å². The van der Waals surface area contributed by atoms with Crippen LogP contribution in [0, 0.1) is 18.7 Å². The lowest BCUT2D eigenvalue weighted by atomic mass is 10.0. The molecule has 0 radical (unpaired) electrons. The maximum atomic E-state index is 13.1. The highest BCUT2D eigenvalue weighted by molar-refractivity contribution is 7.89. The minimum Gasteiger partial charge on any atom is -0.315 e. The minimum atomic E-state index is -3.73. The summed E-state index contributed by atoms with van der Waals surface area (Å²) in [5.41, 5.74) is 0.827. The number of hydrogen-bond donors (Lipinski definition) is 2. The van der Waals surface area contributed by atoms with Crippen molar-refractivity contribution in [2.75, 3.05) is 13.1 Å². The first-order chi connectivity index (χ1) is 8.87. The van der Waals surface area contributed by atoms with Gasteiger partial charge in [0.2, 0.25) is 15.9 Å². The molecule has 1 fully saturated rings. The fourth-order valence-corrected chi connectivity index (χ4v) is 2.93. The van der Waals surface area contributed by atoms with Gasteiger partial charge < -0.3 is 5.32 Å². The smallest absolute Gasteiger partial charge is 0.239 e. The van der Waals surface area contributed by atoms with Crippen LogP contribution in [0.5, 0.6) is 0 Å². The van der Waals surface area contributed by atoms with Gasteiger partial charge in [0, 0.05) is 13.1 Å². The second kappa shape index (κ2) is 5.26. The van der Waals surface area contributed by atoms with Gasteiger partial charge >= 0.3 is 0 Å². The van der Waals surface area contributed by atoms with Gasteiger partial charge in [-0.1, -0.05) is 12.1 Å². The third kappa shape index (κ3) is 3.51. The van der Waals surface area contributed by atoms with E-state index in [-0.39, 0.29) is 17.5 Å². The van der Waals surface area contributed by atoms with E-state index in [2.05, 4.69) is 5.32 Å². The SMILES string of the molecule is Cc1cc(CS(=O)(=O)NC(=O)C2CNC2)ccc1F. The topological polar surface area (TPSA) is 75.3 Å². The summed E-state index contributed by atoms with van der Waals surface area (Å²) in [4.78, 5) is 11.6. The van der Waals surface area contributed by atoms with Crippen molar-refractivity contribution in [3.05, 3.63) is 35.1 Å². The number of amides is 1.